The van der Waals surface area contributed by atoms with Crippen LogP contribution in [0.5, 0.6) is 5.75 Å². The number of hydrogen-bond acceptors (Lipinski definition) is 6. The number of carbonyl (C=O) groups excluding carboxylic acids is 2. The molecule has 1 N–H and O–H groups in total. The first-order chi connectivity index (χ1) is 11.6. The third-order valence-electron chi connectivity index (χ3n) is 3.18. The average Bonchev–Trinajstić information content (AvgIpc) is 3.20. The van der Waals surface area contributed by atoms with Gasteiger partial charge in [-0.1, -0.05) is 36.0 Å². The Morgan fingerprint density at radius 2 is 2.08 bits per heavy atom. The standard InChI is InChI=1S/C16H12N2O3S3/c1-21-11-6-3-2-5-10(11)9-13-15(20)18(16(22)24-13)17-14(19)12-7-4-8-23-12/h2-9H,1H3,(H,17,19)/b13-9-. The first kappa shape index (κ1) is 16.7. The van der Waals surface area contributed by atoms with E-state index in [1.165, 1.54) is 11.3 Å². The van der Waals surface area contributed by atoms with Gasteiger partial charge in [-0.2, -0.15) is 5.01 Å². The maximum atomic E-state index is 12.5. The minimum atomic E-state index is -0.361. The predicted octanol–water partition coefficient (Wildman–Crippen LogP) is 3.30. The fourth-order valence-electron chi connectivity index (χ4n) is 2.06. The summed E-state index contributed by atoms with van der Waals surface area (Å²) in [5.41, 5.74) is 3.31. The number of ether oxygens (including phenoxy) is 1. The van der Waals surface area contributed by atoms with Gasteiger partial charge in [-0.05, 0) is 35.8 Å². The van der Waals surface area contributed by atoms with Crippen molar-refractivity contribution in [3.8, 4) is 5.75 Å². The summed E-state index contributed by atoms with van der Waals surface area (Å²) >= 11 is 7.64. The summed E-state index contributed by atoms with van der Waals surface area (Å²) in [5.74, 6) is -0.0638. The summed E-state index contributed by atoms with van der Waals surface area (Å²) in [6, 6.07) is 10.8. The summed E-state index contributed by atoms with van der Waals surface area (Å²) < 4.78 is 5.56. The number of rotatable bonds is 4. The smallest absolute Gasteiger partial charge is 0.285 e. The Hall–Kier alpha value is -2.16. The minimum absolute atomic E-state index is 0.283. The van der Waals surface area contributed by atoms with Crippen LogP contribution in [-0.4, -0.2) is 28.3 Å². The van der Waals surface area contributed by atoms with E-state index >= 15 is 0 Å². The topological polar surface area (TPSA) is 58.6 Å². The van der Waals surface area contributed by atoms with Crippen molar-refractivity contribution in [1.82, 2.24) is 10.4 Å². The molecule has 2 heterocycles. The first-order valence-corrected chi connectivity index (χ1v) is 8.96. The van der Waals surface area contributed by atoms with Crippen LogP contribution in [0.25, 0.3) is 6.08 Å². The molecule has 8 heteroatoms. The van der Waals surface area contributed by atoms with Gasteiger partial charge in [0.1, 0.15) is 5.75 Å². The molecule has 5 nitrogen and oxygen atoms in total. The largest absolute Gasteiger partial charge is 0.496 e. The average molecular weight is 376 g/mol. The summed E-state index contributed by atoms with van der Waals surface area (Å²) in [7, 11) is 1.57. The van der Waals surface area contributed by atoms with E-state index in [2.05, 4.69) is 5.43 Å². The lowest BCUT2D eigenvalue weighted by Crippen LogP contribution is -2.44. The third kappa shape index (κ3) is 3.35. The molecule has 1 fully saturated rings. The lowest BCUT2D eigenvalue weighted by atomic mass is 10.2. The van der Waals surface area contributed by atoms with Crippen molar-refractivity contribution < 1.29 is 14.3 Å². The molecule has 1 aliphatic heterocycles. The van der Waals surface area contributed by atoms with E-state index in [4.69, 9.17) is 17.0 Å². The van der Waals surface area contributed by atoms with E-state index in [1.807, 2.05) is 24.3 Å². The van der Waals surface area contributed by atoms with Gasteiger partial charge in [0.05, 0.1) is 16.9 Å². The quantitative estimate of drug-likeness (QED) is 0.655. The molecule has 0 saturated carbocycles. The van der Waals surface area contributed by atoms with Gasteiger partial charge in [0.25, 0.3) is 11.8 Å². The fourth-order valence-corrected chi connectivity index (χ4v) is 3.84. The molecule has 2 aromatic rings. The molecule has 0 unspecified atom stereocenters. The second-order valence-corrected chi connectivity index (χ2v) is 7.30. The number of thiocarbonyl (C=S) groups is 1. The van der Waals surface area contributed by atoms with Crippen LogP contribution in [0.4, 0.5) is 0 Å². The Morgan fingerprint density at radius 1 is 1.29 bits per heavy atom. The van der Waals surface area contributed by atoms with E-state index in [0.717, 1.165) is 22.3 Å². The van der Waals surface area contributed by atoms with Gasteiger partial charge < -0.3 is 4.74 Å². The summed E-state index contributed by atoms with van der Waals surface area (Å²) in [6.45, 7) is 0. The molecule has 1 aromatic carbocycles. The Bertz CT molecular complexity index is 831. The van der Waals surface area contributed by atoms with E-state index in [0.29, 0.717) is 15.5 Å². The Morgan fingerprint density at radius 3 is 2.79 bits per heavy atom. The van der Waals surface area contributed by atoms with Gasteiger partial charge in [-0.25, -0.2) is 0 Å². The zero-order chi connectivity index (χ0) is 17.1. The van der Waals surface area contributed by atoms with E-state index in [-0.39, 0.29) is 16.1 Å². The molecule has 24 heavy (non-hydrogen) atoms. The zero-order valence-corrected chi connectivity index (χ0v) is 15.0. The van der Waals surface area contributed by atoms with Gasteiger partial charge in [-0.15, -0.1) is 11.3 Å². The molecule has 0 atom stereocenters. The fraction of sp³-hybridized carbons (Fsp3) is 0.0625. The Labute approximate surface area is 152 Å². The molecule has 0 radical (unpaired) electrons. The van der Waals surface area contributed by atoms with Crippen LogP contribution in [0.1, 0.15) is 15.2 Å². The number of nitrogens with one attached hydrogen (secondary N) is 1. The second-order valence-electron chi connectivity index (χ2n) is 4.68. The van der Waals surface area contributed by atoms with Crippen molar-refractivity contribution in [3.63, 3.8) is 0 Å². The van der Waals surface area contributed by atoms with Crippen LogP contribution in [0.15, 0.2) is 46.7 Å². The van der Waals surface area contributed by atoms with Crippen molar-refractivity contribution in [2.24, 2.45) is 0 Å². The van der Waals surface area contributed by atoms with E-state index < -0.39 is 0 Å². The van der Waals surface area contributed by atoms with Crippen LogP contribution in [0, 0.1) is 0 Å². The van der Waals surface area contributed by atoms with Crippen LogP contribution < -0.4 is 10.2 Å². The zero-order valence-electron chi connectivity index (χ0n) is 12.5. The third-order valence-corrected chi connectivity index (χ3v) is 5.35. The number of carbonyl (C=O) groups is 2. The molecule has 1 saturated heterocycles. The molecule has 1 aromatic heterocycles. The molecule has 122 valence electrons. The lowest BCUT2D eigenvalue weighted by Gasteiger charge is -2.14. The number of amides is 2. The molecular weight excluding hydrogens is 364 g/mol. The van der Waals surface area contributed by atoms with Crippen LogP contribution in [0.2, 0.25) is 0 Å². The summed E-state index contributed by atoms with van der Waals surface area (Å²) in [5, 5.41) is 2.89. The highest BCUT2D eigenvalue weighted by molar-refractivity contribution is 8.26. The molecule has 0 spiro atoms. The van der Waals surface area contributed by atoms with Crippen LogP contribution >= 0.6 is 35.3 Å². The number of hydrogen-bond donors (Lipinski definition) is 1. The summed E-state index contributed by atoms with van der Waals surface area (Å²) in [6.07, 6.45) is 1.70. The molecular formula is C16H12N2O3S3. The van der Waals surface area contributed by atoms with Gasteiger partial charge in [0, 0.05) is 5.56 Å². The molecule has 1 aliphatic rings. The van der Waals surface area contributed by atoms with Gasteiger partial charge in [0.2, 0.25) is 0 Å². The summed E-state index contributed by atoms with van der Waals surface area (Å²) in [4.78, 5) is 25.6. The highest BCUT2D eigenvalue weighted by atomic mass is 32.2. The number of hydrazine groups is 1. The van der Waals surface area contributed by atoms with Crippen molar-refractivity contribution in [3.05, 3.63) is 57.1 Å². The normalized spacial score (nSPS) is 15.9. The second kappa shape index (κ2) is 7.16. The highest BCUT2D eigenvalue weighted by Gasteiger charge is 2.34. The van der Waals surface area contributed by atoms with Gasteiger partial charge >= 0.3 is 0 Å². The maximum Gasteiger partial charge on any atom is 0.285 e. The number of nitrogens with zero attached hydrogens (tertiary/aromatic N) is 1. The monoisotopic (exact) mass is 376 g/mol. The van der Waals surface area contributed by atoms with Crippen molar-refractivity contribution in [1.29, 1.82) is 0 Å². The Kier molecular flexibility index (Phi) is 4.98. The molecule has 0 aliphatic carbocycles. The number of thioether (sulfide) groups is 1. The van der Waals surface area contributed by atoms with E-state index in [9.17, 15) is 9.59 Å². The van der Waals surface area contributed by atoms with Gasteiger partial charge in [-0.3, -0.25) is 15.0 Å². The molecule has 0 bridgehead atoms. The first-order valence-electron chi connectivity index (χ1n) is 6.85. The molecule has 2 amide bonds. The van der Waals surface area contributed by atoms with Crippen molar-refractivity contribution >= 4 is 57.5 Å². The number of para-hydroxylation sites is 1. The SMILES string of the molecule is COc1ccccc1/C=C1\SC(=S)N(NC(=O)c2cccs2)C1=O. The predicted molar refractivity (Wildman–Crippen MR) is 99.8 cm³/mol. The maximum absolute atomic E-state index is 12.5. The Balaban J connectivity index is 1.81. The number of benzene rings is 1. The lowest BCUT2D eigenvalue weighted by molar-refractivity contribution is -0.123. The minimum Gasteiger partial charge on any atom is -0.496 e. The van der Waals surface area contributed by atoms with Crippen molar-refractivity contribution in [2.75, 3.05) is 7.11 Å². The molecule has 3 rings (SSSR count). The van der Waals surface area contributed by atoms with Crippen LogP contribution in [-0.2, 0) is 4.79 Å². The van der Waals surface area contributed by atoms with Gasteiger partial charge in [0.15, 0.2) is 4.32 Å². The number of thiophene rings is 1. The number of methoxy groups -OCH3 is 1. The highest BCUT2D eigenvalue weighted by Crippen LogP contribution is 2.33. The van der Waals surface area contributed by atoms with E-state index in [1.54, 1.807) is 30.7 Å². The van der Waals surface area contributed by atoms with Crippen LogP contribution in [0.3, 0.4) is 0 Å². The van der Waals surface area contributed by atoms with Crippen molar-refractivity contribution in [2.45, 2.75) is 0 Å².